The molecule has 102 valence electrons. The third-order valence-corrected chi connectivity index (χ3v) is 3.44. The van der Waals surface area contributed by atoms with Gasteiger partial charge < -0.3 is 14.6 Å². The van der Waals surface area contributed by atoms with Crippen molar-refractivity contribution in [3.05, 3.63) is 18.2 Å². The van der Waals surface area contributed by atoms with E-state index in [0.29, 0.717) is 6.04 Å². The molecule has 0 amide bonds. The highest BCUT2D eigenvalue weighted by molar-refractivity contribution is 4.93. The predicted molar refractivity (Wildman–Crippen MR) is 71.4 cm³/mol. The SMILES string of the molecule is CNCc1nccn1CC1CN(C(C)C)CCO1. The zero-order chi connectivity index (χ0) is 13.0. The average molecular weight is 252 g/mol. The molecule has 1 aliphatic heterocycles. The van der Waals surface area contributed by atoms with Crippen molar-refractivity contribution in [2.45, 2.75) is 39.1 Å². The van der Waals surface area contributed by atoms with Gasteiger partial charge in [-0.3, -0.25) is 4.90 Å². The Bertz CT molecular complexity index is 364. The minimum Gasteiger partial charge on any atom is -0.374 e. The van der Waals surface area contributed by atoms with E-state index in [4.69, 9.17) is 4.74 Å². The first-order valence-corrected chi connectivity index (χ1v) is 6.71. The molecule has 0 bridgehead atoms. The molecule has 5 nitrogen and oxygen atoms in total. The van der Waals surface area contributed by atoms with Crippen LogP contribution in [0.5, 0.6) is 0 Å². The standard InChI is InChI=1S/C13H24N4O/c1-11(2)16-6-7-18-12(9-16)10-17-5-4-15-13(17)8-14-3/h4-5,11-12,14H,6-10H2,1-3H3. The van der Waals surface area contributed by atoms with Gasteiger partial charge in [0, 0.05) is 31.5 Å². The Balaban J connectivity index is 1.94. The lowest BCUT2D eigenvalue weighted by molar-refractivity contribution is -0.0459. The monoisotopic (exact) mass is 252 g/mol. The Morgan fingerprint density at radius 2 is 2.39 bits per heavy atom. The third-order valence-electron chi connectivity index (χ3n) is 3.44. The summed E-state index contributed by atoms with van der Waals surface area (Å²) in [6, 6.07) is 0.593. The number of hydrogen-bond donors (Lipinski definition) is 1. The Labute approximate surface area is 109 Å². The van der Waals surface area contributed by atoms with Crippen LogP contribution in [0.25, 0.3) is 0 Å². The van der Waals surface area contributed by atoms with E-state index >= 15 is 0 Å². The smallest absolute Gasteiger partial charge is 0.122 e. The van der Waals surface area contributed by atoms with Gasteiger partial charge in [0.25, 0.3) is 0 Å². The van der Waals surface area contributed by atoms with Gasteiger partial charge in [-0.2, -0.15) is 0 Å². The molecule has 1 fully saturated rings. The Hall–Kier alpha value is -0.910. The van der Waals surface area contributed by atoms with Crippen LogP contribution in [-0.2, 0) is 17.8 Å². The van der Waals surface area contributed by atoms with Gasteiger partial charge in [-0.05, 0) is 20.9 Å². The zero-order valence-electron chi connectivity index (χ0n) is 11.6. The van der Waals surface area contributed by atoms with Gasteiger partial charge >= 0.3 is 0 Å². The number of aromatic nitrogens is 2. The molecule has 0 aromatic carbocycles. The number of nitrogens with one attached hydrogen (secondary N) is 1. The average Bonchev–Trinajstić information content (AvgIpc) is 2.77. The lowest BCUT2D eigenvalue weighted by atomic mass is 10.2. The van der Waals surface area contributed by atoms with Crippen LogP contribution >= 0.6 is 0 Å². The second kappa shape index (κ2) is 6.31. The molecular formula is C13H24N4O. The Morgan fingerprint density at radius 3 is 3.11 bits per heavy atom. The summed E-state index contributed by atoms with van der Waals surface area (Å²) in [5.41, 5.74) is 0. The highest BCUT2D eigenvalue weighted by atomic mass is 16.5. The van der Waals surface area contributed by atoms with Gasteiger partial charge in [0.15, 0.2) is 0 Å². The van der Waals surface area contributed by atoms with Crippen LogP contribution in [0, 0.1) is 0 Å². The lowest BCUT2D eigenvalue weighted by Gasteiger charge is -2.35. The van der Waals surface area contributed by atoms with Crippen molar-refractivity contribution in [3.8, 4) is 0 Å². The summed E-state index contributed by atoms with van der Waals surface area (Å²) in [6.07, 6.45) is 4.16. The maximum Gasteiger partial charge on any atom is 0.122 e. The molecule has 1 saturated heterocycles. The molecule has 1 unspecified atom stereocenters. The summed E-state index contributed by atoms with van der Waals surface area (Å²) < 4.78 is 8.04. The van der Waals surface area contributed by atoms with Crippen LogP contribution in [0.3, 0.4) is 0 Å². The molecule has 1 aromatic rings. The fourth-order valence-corrected chi connectivity index (χ4v) is 2.37. The van der Waals surface area contributed by atoms with Gasteiger partial charge in [0.2, 0.25) is 0 Å². The van der Waals surface area contributed by atoms with Gasteiger partial charge in [0.05, 0.1) is 25.8 Å². The molecule has 0 saturated carbocycles. The van der Waals surface area contributed by atoms with E-state index in [9.17, 15) is 0 Å². The van der Waals surface area contributed by atoms with E-state index in [0.717, 1.165) is 38.6 Å². The van der Waals surface area contributed by atoms with Crippen molar-refractivity contribution < 1.29 is 4.74 Å². The fourth-order valence-electron chi connectivity index (χ4n) is 2.37. The van der Waals surface area contributed by atoms with Crippen LogP contribution in [0.1, 0.15) is 19.7 Å². The van der Waals surface area contributed by atoms with Crippen molar-refractivity contribution in [1.29, 1.82) is 0 Å². The molecule has 0 spiro atoms. The maximum atomic E-state index is 5.85. The largest absolute Gasteiger partial charge is 0.374 e. The first-order chi connectivity index (χ1) is 8.70. The van der Waals surface area contributed by atoms with E-state index in [2.05, 4.69) is 33.6 Å². The molecule has 2 rings (SSSR count). The molecule has 5 heteroatoms. The summed E-state index contributed by atoms with van der Waals surface area (Å²) in [7, 11) is 1.94. The van der Waals surface area contributed by atoms with Crippen LogP contribution in [-0.4, -0.2) is 53.3 Å². The highest BCUT2D eigenvalue weighted by Gasteiger charge is 2.22. The van der Waals surface area contributed by atoms with Gasteiger partial charge in [-0.1, -0.05) is 0 Å². The minimum atomic E-state index is 0.269. The molecule has 1 aromatic heterocycles. The number of nitrogens with zero attached hydrogens (tertiary/aromatic N) is 3. The predicted octanol–water partition coefficient (Wildman–Crippen LogP) is 0.712. The first kappa shape index (κ1) is 13.5. The van der Waals surface area contributed by atoms with E-state index in [1.807, 2.05) is 19.4 Å². The molecule has 0 radical (unpaired) electrons. The van der Waals surface area contributed by atoms with Crippen molar-refractivity contribution in [2.75, 3.05) is 26.7 Å². The van der Waals surface area contributed by atoms with Crippen LogP contribution in [0.2, 0.25) is 0 Å². The van der Waals surface area contributed by atoms with Gasteiger partial charge in [-0.15, -0.1) is 0 Å². The van der Waals surface area contributed by atoms with Crippen molar-refractivity contribution >= 4 is 0 Å². The summed E-state index contributed by atoms with van der Waals surface area (Å²) >= 11 is 0. The number of ether oxygens (including phenoxy) is 1. The second-order valence-electron chi connectivity index (χ2n) is 5.11. The van der Waals surface area contributed by atoms with E-state index in [-0.39, 0.29) is 6.10 Å². The molecule has 0 aliphatic carbocycles. The minimum absolute atomic E-state index is 0.269. The van der Waals surface area contributed by atoms with Crippen LogP contribution in [0.4, 0.5) is 0 Å². The quantitative estimate of drug-likeness (QED) is 0.838. The van der Waals surface area contributed by atoms with E-state index < -0.39 is 0 Å². The number of rotatable bonds is 5. The van der Waals surface area contributed by atoms with Crippen molar-refractivity contribution in [2.24, 2.45) is 0 Å². The van der Waals surface area contributed by atoms with Crippen LogP contribution < -0.4 is 5.32 Å². The Kier molecular flexibility index (Phi) is 4.74. The van der Waals surface area contributed by atoms with Crippen LogP contribution in [0.15, 0.2) is 12.4 Å². The van der Waals surface area contributed by atoms with Crippen molar-refractivity contribution in [1.82, 2.24) is 19.8 Å². The second-order valence-corrected chi connectivity index (χ2v) is 5.11. The Morgan fingerprint density at radius 1 is 1.56 bits per heavy atom. The molecular weight excluding hydrogens is 228 g/mol. The zero-order valence-corrected chi connectivity index (χ0v) is 11.6. The van der Waals surface area contributed by atoms with Gasteiger partial charge in [-0.25, -0.2) is 4.98 Å². The normalized spacial score (nSPS) is 21.7. The highest BCUT2D eigenvalue weighted by Crippen LogP contribution is 2.11. The maximum absolute atomic E-state index is 5.85. The lowest BCUT2D eigenvalue weighted by Crippen LogP contribution is -2.47. The summed E-state index contributed by atoms with van der Waals surface area (Å²) in [6.45, 7) is 9.06. The van der Waals surface area contributed by atoms with E-state index in [1.165, 1.54) is 0 Å². The molecule has 18 heavy (non-hydrogen) atoms. The number of imidazole rings is 1. The molecule has 1 N–H and O–H groups in total. The molecule has 2 heterocycles. The van der Waals surface area contributed by atoms with E-state index in [1.54, 1.807) is 0 Å². The number of hydrogen-bond acceptors (Lipinski definition) is 4. The molecule has 1 aliphatic rings. The number of morpholine rings is 1. The molecule has 1 atom stereocenters. The fraction of sp³-hybridized carbons (Fsp3) is 0.769. The summed E-state index contributed by atoms with van der Waals surface area (Å²) in [4.78, 5) is 6.83. The van der Waals surface area contributed by atoms with Crippen molar-refractivity contribution in [3.63, 3.8) is 0 Å². The van der Waals surface area contributed by atoms with Gasteiger partial charge in [0.1, 0.15) is 5.82 Å². The third kappa shape index (κ3) is 3.31. The summed E-state index contributed by atoms with van der Waals surface area (Å²) in [5, 5.41) is 3.14. The summed E-state index contributed by atoms with van der Waals surface area (Å²) in [5.74, 6) is 1.07. The topological polar surface area (TPSA) is 42.3 Å². The first-order valence-electron chi connectivity index (χ1n) is 6.71.